The Hall–Kier alpha value is -3.11. The lowest BCUT2D eigenvalue weighted by Gasteiger charge is -2.41. The van der Waals surface area contributed by atoms with Crippen LogP contribution in [0.4, 0.5) is 0 Å². The predicted octanol–water partition coefficient (Wildman–Crippen LogP) is 3.09. The minimum Gasteiger partial charge on any atom is -0.379 e. The molecule has 1 aliphatic heterocycles. The lowest BCUT2D eigenvalue weighted by molar-refractivity contribution is -0.148. The first-order valence-corrected chi connectivity index (χ1v) is 21.2. The number of ether oxygens (including phenoxy) is 2. The molecule has 0 radical (unpaired) electrons. The van der Waals surface area contributed by atoms with E-state index in [9.17, 15) is 27.6 Å². The topological polar surface area (TPSA) is 181 Å². The summed E-state index contributed by atoms with van der Waals surface area (Å²) in [6, 6.07) is 4.05. The maximum Gasteiger partial charge on any atom is 0.264 e. The lowest BCUT2D eigenvalue weighted by atomic mass is 9.89. The van der Waals surface area contributed by atoms with E-state index in [1.54, 1.807) is 35.9 Å². The summed E-state index contributed by atoms with van der Waals surface area (Å²) in [4.78, 5) is 60.4. The van der Waals surface area contributed by atoms with Crippen molar-refractivity contribution in [1.82, 2.24) is 24.7 Å². The van der Waals surface area contributed by atoms with E-state index in [4.69, 9.17) is 15.2 Å². The number of methoxy groups -OCH3 is 2. The summed E-state index contributed by atoms with van der Waals surface area (Å²) in [7, 11) is 4.18. The fourth-order valence-corrected chi connectivity index (χ4v) is 9.15. The molecule has 55 heavy (non-hydrogen) atoms. The fourth-order valence-electron chi connectivity index (χ4n) is 8.08. The van der Waals surface area contributed by atoms with Crippen molar-refractivity contribution in [3.63, 3.8) is 0 Å². The van der Waals surface area contributed by atoms with Gasteiger partial charge in [-0.05, 0) is 75.2 Å². The standard InChI is InChI=1S/C40H68N6O8S/c1-13-26(6)35(45(10)39(50)33(24(2)3)42-38(49)34(25(4)5)44(8)9)31(53-11)23-32(47)46-22-14-15-30(46)36(54-12)27(7)37(48)43-55(51,52)29-18-16-28(17-19-29)40(41)20-21-40/h16-19,24-27,30-31,33-36H,13-15,20-23,41H2,1-12H3,(H,42,49)(H,43,48)/t26-,27+,30-,31-,33-,34-,35-,36+/m0/s1. The van der Waals surface area contributed by atoms with Gasteiger partial charge in [-0.15, -0.1) is 0 Å². The molecule has 0 aromatic heterocycles. The first kappa shape index (κ1) is 46.3. The molecule has 1 heterocycles. The molecule has 312 valence electrons. The molecule has 2 fully saturated rings. The number of hydrogen-bond acceptors (Lipinski definition) is 10. The van der Waals surface area contributed by atoms with Gasteiger partial charge in [0.15, 0.2) is 0 Å². The first-order valence-electron chi connectivity index (χ1n) is 19.7. The third-order valence-corrected chi connectivity index (χ3v) is 13.1. The van der Waals surface area contributed by atoms with Gasteiger partial charge in [0, 0.05) is 33.4 Å². The van der Waals surface area contributed by atoms with Crippen LogP contribution >= 0.6 is 0 Å². The normalized spacial score (nSPS) is 20.7. The van der Waals surface area contributed by atoms with E-state index in [0.29, 0.717) is 25.8 Å². The number of nitrogens with zero attached hydrogens (tertiary/aromatic N) is 3. The highest BCUT2D eigenvalue weighted by molar-refractivity contribution is 7.90. The highest BCUT2D eigenvalue weighted by Crippen LogP contribution is 2.42. The zero-order valence-corrected chi connectivity index (χ0v) is 35.9. The number of nitrogens with two attached hydrogens (primary N) is 1. The van der Waals surface area contributed by atoms with Crippen LogP contribution in [0, 0.1) is 23.7 Å². The van der Waals surface area contributed by atoms with Crippen molar-refractivity contribution in [2.75, 3.05) is 41.9 Å². The van der Waals surface area contributed by atoms with Crippen LogP contribution in [0.25, 0.3) is 0 Å². The summed E-state index contributed by atoms with van der Waals surface area (Å²) in [6.07, 6.45) is 2.09. The number of likely N-dealkylation sites (tertiary alicyclic amines) is 1. The van der Waals surface area contributed by atoms with Crippen molar-refractivity contribution in [1.29, 1.82) is 0 Å². The number of sulfonamides is 1. The molecule has 0 unspecified atom stereocenters. The second kappa shape index (κ2) is 19.4. The van der Waals surface area contributed by atoms with Gasteiger partial charge < -0.3 is 30.3 Å². The SMILES string of the molecule is CC[C@H](C)[C@@H]([C@H](CC(=O)N1CCC[C@H]1[C@H](OC)[C@@H](C)C(=O)NS(=O)(=O)c1ccc(C2(N)CC2)cc1)OC)N(C)C(=O)[C@@H](NC(=O)[C@H](C(C)C)N(C)C)C(C)C. The quantitative estimate of drug-likeness (QED) is 0.178. The second-order valence-electron chi connectivity index (χ2n) is 16.6. The Balaban J connectivity index is 1.77. The molecule has 0 spiro atoms. The van der Waals surface area contributed by atoms with Gasteiger partial charge >= 0.3 is 0 Å². The highest BCUT2D eigenvalue weighted by Gasteiger charge is 2.44. The monoisotopic (exact) mass is 792 g/mol. The molecule has 1 aliphatic carbocycles. The van der Waals surface area contributed by atoms with Crippen LogP contribution in [-0.4, -0.2) is 125 Å². The van der Waals surface area contributed by atoms with E-state index < -0.39 is 63.8 Å². The molecule has 15 heteroatoms. The molecule has 1 saturated heterocycles. The number of amides is 4. The van der Waals surface area contributed by atoms with Crippen LogP contribution in [0.5, 0.6) is 0 Å². The molecule has 1 aromatic rings. The molecular weight excluding hydrogens is 725 g/mol. The minimum absolute atomic E-state index is 0.0273. The Bertz CT molecular complexity index is 1570. The van der Waals surface area contributed by atoms with Gasteiger partial charge in [0.25, 0.3) is 10.0 Å². The van der Waals surface area contributed by atoms with E-state index in [0.717, 1.165) is 18.4 Å². The number of likely N-dealkylation sites (N-methyl/N-ethyl adjacent to an activating group) is 2. The maximum atomic E-state index is 14.2. The van der Waals surface area contributed by atoms with Crippen molar-refractivity contribution in [2.45, 2.75) is 134 Å². The van der Waals surface area contributed by atoms with Crippen molar-refractivity contribution >= 4 is 33.7 Å². The number of hydrogen-bond donors (Lipinski definition) is 3. The lowest BCUT2D eigenvalue weighted by Crippen LogP contribution is -2.59. The first-order chi connectivity index (χ1) is 25.6. The van der Waals surface area contributed by atoms with Crippen molar-refractivity contribution in [3.05, 3.63) is 29.8 Å². The van der Waals surface area contributed by atoms with E-state index in [-0.39, 0.29) is 46.8 Å². The third kappa shape index (κ3) is 11.1. The zero-order valence-electron chi connectivity index (χ0n) is 35.1. The summed E-state index contributed by atoms with van der Waals surface area (Å²) in [5.41, 5.74) is 6.68. The van der Waals surface area contributed by atoms with Gasteiger partial charge in [-0.2, -0.15) is 0 Å². The molecule has 1 aromatic carbocycles. The Morgan fingerprint density at radius 2 is 1.55 bits per heavy atom. The molecule has 4 N–H and O–H groups in total. The van der Waals surface area contributed by atoms with E-state index in [2.05, 4.69) is 10.0 Å². The van der Waals surface area contributed by atoms with Crippen LogP contribution in [0.2, 0.25) is 0 Å². The third-order valence-electron chi connectivity index (χ3n) is 11.7. The molecule has 1 saturated carbocycles. The number of benzene rings is 1. The Labute approximate surface area is 329 Å². The molecule has 14 nitrogen and oxygen atoms in total. The highest BCUT2D eigenvalue weighted by atomic mass is 32.2. The van der Waals surface area contributed by atoms with E-state index in [1.807, 2.05) is 60.5 Å². The zero-order chi connectivity index (χ0) is 41.6. The van der Waals surface area contributed by atoms with Crippen LogP contribution in [0.15, 0.2) is 29.2 Å². The predicted molar refractivity (Wildman–Crippen MR) is 212 cm³/mol. The van der Waals surface area contributed by atoms with Gasteiger partial charge in [-0.25, -0.2) is 13.1 Å². The number of carbonyl (C=O) groups excluding carboxylic acids is 4. The average molecular weight is 793 g/mol. The minimum atomic E-state index is -4.18. The smallest absolute Gasteiger partial charge is 0.264 e. The van der Waals surface area contributed by atoms with Crippen molar-refractivity contribution in [2.24, 2.45) is 29.4 Å². The summed E-state index contributed by atoms with van der Waals surface area (Å²) < 4.78 is 40.4. The summed E-state index contributed by atoms with van der Waals surface area (Å²) in [5.74, 6) is -2.61. The summed E-state index contributed by atoms with van der Waals surface area (Å²) >= 11 is 0. The molecule has 8 atom stereocenters. The van der Waals surface area contributed by atoms with Crippen LogP contribution < -0.4 is 15.8 Å². The largest absolute Gasteiger partial charge is 0.379 e. The van der Waals surface area contributed by atoms with Gasteiger partial charge in [0.1, 0.15) is 6.04 Å². The van der Waals surface area contributed by atoms with Gasteiger partial charge in [0.05, 0.1) is 47.6 Å². The van der Waals surface area contributed by atoms with Crippen LogP contribution in [-0.2, 0) is 44.2 Å². The summed E-state index contributed by atoms with van der Waals surface area (Å²) in [5, 5.41) is 3.02. The fraction of sp³-hybridized carbons (Fsp3) is 0.750. The number of carbonyl (C=O) groups is 4. The Morgan fingerprint density at radius 3 is 2.02 bits per heavy atom. The number of nitrogens with one attached hydrogen (secondary N) is 2. The molecule has 3 rings (SSSR count). The Morgan fingerprint density at radius 1 is 0.945 bits per heavy atom. The molecular formula is C40H68N6O8S. The van der Waals surface area contributed by atoms with Crippen LogP contribution in [0.3, 0.4) is 0 Å². The van der Waals surface area contributed by atoms with Crippen molar-refractivity contribution < 1.29 is 37.1 Å². The van der Waals surface area contributed by atoms with Gasteiger partial charge in [-0.3, -0.25) is 24.1 Å². The maximum absolute atomic E-state index is 14.2. The summed E-state index contributed by atoms with van der Waals surface area (Å²) in [6.45, 7) is 13.8. The molecule has 0 bridgehead atoms. The number of rotatable bonds is 20. The second-order valence-corrected chi connectivity index (χ2v) is 18.3. The van der Waals surface area contributed by atoms with Crippen LogP contribution in [0.1, 0.15) is 92.6 Å². The Kier molecular flexibility index (Phi) is 16.3. The van der Waals surface area contributed by atoms with Gasteiger partial charge in [-0.1, -0.05) is 67.0 Å². The molecule has 2 aliphatic rings. The van der Waals surface area contributed by atoms with Crippen molar-refractivity contribution in [3.8, 4) is 0 Å². The van der Waals surface area contributed by atoms with E-state index in [1.165, 1.54) is 26.4 Å². The average Bonchev–Trinajstić information content (AvgIpc) is 3.69. The molecule has 4 amide bonds. The van der Waals surface area contributed by atoms with E-state index >= 15 is 0 Å². The van der Waals surface area contributed by atoms with Gasteiger partial charge in [0.2, 0.25) is 23.6 Å².